The summed E-state index contributed by atoms with van der Waals surface area (Å²) in [5, 5.41) is 0. The van der Waals surface area contributed by atoms with Crippen molar-refractivity contribution in [3.8, 4) is 0 Å². The third kappa shape index (κ3) is 4.03. The molecule has 146 valence electrons. The van der Waals surface area contributed by atoms with Crippen LogP contribution in [-0.4, -0.2) is 42.0 Å². The van der Waals surface area contributed by atoms with Crippen molar-refractivity contribution < 1.29 is 9.21 Å². The maximum absolute atomic E-state index is 13.0. The molecule has 28 heavy (non-hydrogen) atoms. The molecule has 2 heterocycles. The molecule has 1 aliphatic rings. The van der Waals surface area contributed by atoms with Crippen molar-refractivity contribution in [1.29, 1.82) is 0 Å². The van der Waals surface area contributed by atoms with E-state index in [1.807, 2.05) is 35.2 Å². The summed E-state index contributed by atoms with van der Waals surface area (Å²) in [7, 11) is 0. The number of carbonyl (C=O) groups is 1. The Morgan fingerprint density at radius 3 is 2.54 bits per heavy atom. The summed E-state index contributed by atoms with van der Waals surface area (Å²) in [5.41, 5.74) is 2.97. The van der Waals surface area contributed by atoms with E-state index in [1.165, 1.54) is 5.56 Å². The van der Waals surface area contributed by atoms with Crippen LogP contribution in [0.25, 0.3) is 11.1 Å². The monoisotopic (exact) mass is 377 g/mol. The Balaban J connectivity index is 1.33. The molecule has 1 saturated heterocycles. The number of anilines is 1. The number of hydrogen-bond donors (Lipinski definition) is 0. The Hall–Kier alpha value is -2.82. The van der Waals surface area contributed by atoms with Gasteiger partial charge in [-0.2, -0.15) is 4.98 Å². The maximum Gasteiger partial charge on any atom is 0.298 e. The number of rotatable bonds is 6. The minimum Gasteiger partial charge on any atom is -0.423 e. The maximum atomic E-state index is 13.0. The third-order valence-corrected chi connectivity index (χ3v) is 5.60. The van der Waals surface area contributed by atoms with Crippen LogP contribution < -0.4 is 4.90 Å². The number of piperidine rings is 1. The zero-order valence-corrected chi connectivity index (χ0v) is 16.4. The van der Waals surface area contributed by atoms with Crippen LogP contribution in [0.2, 0.25) is 0 Å². The highest BCUT2D eigenvalue weighted by Crippen LogP contribution is 2.27. The van der Waals surface area contributed by atoms with Crippen molar-refractivity contribution in [2.75, 3.05) is 31.1 Å². The first-order valence-electron chi connectivity index (χ1n) is 10.2. The van der Waals surface area contributed by atoms with E-state index < -0.39 is 0 Å². The molecule has 5 nitrogen and oxygen atoms in total. The minimum absolute atomic E-state index is 0.0938. The summed E-state index contributed by atoms with van der Waals surface area (Å²) in [6, 6.07) is 18.9. The Bertz CT molecular complexity index is 881. The van der Waals surface area contributed by atoms with E-state index in [0.717, 1.165) is 56.5 Å². The number of carbonyl (C=O) groups excluding carboxylic acids is 1. The van der Waals surface area contributed by atoms with E-state index in [0.29, 0.717) is 6.01 Å². The van der Waals surface area contributed by atoms with E-state index in [-0.39, 0.29) is 11.8 Å². The first-order valence-corrected chi connectivity index (χ1v) is 10.2. The number of benzene rings is 2. The van der Waals surface area contributed by atoms with Crippen molar-refractivity contribution in [2.24, 2.45) is 5.92 Å². The molecule has 1 amide bonds. The zero-order chi connectivity index (χ0) is 19.3. The van der Waals surface area contributed by atoms with Gasteiger partial charge in [-0.25, -0.2) is 0 Å². The van der Waals surface area contributed by atoms with Crippen molar-refractivity contribution in [2.45, 2.75) is 26.2 Å². The first-order chi connectivity index (χ1) is 13.7. The molecule has 0 N–H and O–H groups in total. The van der Waals surface area contributed by atoms with E-state index in [9.17, 15) is 4.79 Å². The third-order valence-electron chi connectivity index (χ3n) is 5.60. The van der Waals surface area contributed by atoms with Gasteiger partial charge in [0.1, 0.15) is 5.52 Å². The second-order valence-electron chi connectivity index (χ2n) is 7.38. The van der Waals surface area contributed by atoms with Crippen LogP contribution in [-0.2, 0) is 11.2 Å². The Labute approximate surface area is 166 Å². The number of nitrogens with zero attached hydrogens (tertiary/aromatic N) is 3. The number of amides is 1. The van der Waals surface area contributed by atoms with Gasteiger partial charge in [-0.15, -0.1) is 0 Å². The summed E-state index contributed by atoms with van der Waals surface area (Å²) >= 11 is 0. The summed E-state index contributed by atoms with van der Waals surface area (Å²) in [4.78, 5) is 21.8. The molecule has 3 aromatic rings. The largest absolute Gasteiger partial charge is 0.423 e. The van der Waals surface area contributed by atoms with E-state index in [1.54, 1.807) is 0 Å². The highest BCUT2D eigenvalue weighted by atomic mass is 16.4. The number of likely N-dealkylation sites (N-methyl/N-ethyl adjacent to an activating group) is 1. The van der Waals surface area contributed by atoms with Crippen LogP contribution in [0.15, 0.2) is 59.0 Å². The number of hydrogen-bond acceptors (Lipinski definition) is 4. The first kappa shape index (κ1) is 18.5. The van der Waals surface area contributed by atoms with Gasteiger partial charge in [0.15, 0.2) is 5.58 Å². The van der Waals surface area contributed by atoms with Crippen molar-refractivity contribution in [1.82, 2.24) is 9.88 Å². The fourth-order valence-electron chi connectivity index (χ4n) is 3.90. The van der Waals surface area contributed by atoms with Crippen LogP contribution in [0.4, 0.5) is 6.01 Å². The SMILES string of the molecule is CCN(CCc1ccccc1)C(=O)C1CCN(c2nc3ccccc3o2)CC1. The normalized spacial score (nSPS) is 15.1. The Morgan fingerprint density at radius 1 is 1.11 bits per heavy atom. The van der Waals surface area contributed by atoms with Gasteiger partial charge in [0.25, 0.3) is 6.01 Å². The number of oxazole rings is 1. The number of para-hydroxylation sites is 2. The predicted octanol–water partition coefficient (Wildman–Crippen LogP) is 4.14. The fraction of sp³-hybridized carbons (Fsp3) is 0.391. The van der Waals surface area contributed by atoms with Crippen LogP contribution in [0.3, 0.4) is 0 Å². The van der Waals surface area contributed by atoms with Gasteiger partial charge in [0.05, 0.1) is 0 Å². The van der Waals surface area contributed by atoms with Crippen molar-refractivity contribution in [3.63, 3.8) is 0 Å². The molecule has 1 aliphatic heterocycles. The number of aromatic nitrogens is 1. The molecule has 0 bridgehead atoms. The smallest absolute Gasteiger partial charge is 0.298 e. The van der Waals surface area contributed by atoms with E-state index >= 15 is 0 Å². The lowest BCUT2D eigenvalue weighted by Crippen LogP contribution is -2.43. The summed E-state index contributed by atoms with van der Waals surface area (Å²) in [5.74, 6) is 0.381. The summed E-state index contributed by atoms with van der Waals surface area (Å²) in [6.07, 6.45) is 2.60. The van der Waals surface area contributed by atoms with Crippen LogP contribution in [0.5, 0.6) is 0 Å². The quantitative estimate of drug-likeness (QED) is 0.648. The van der Waals surface area contributed by atoms with Crippen LogP contribution in [0.1, 0.15) is 25.3 Å². The molecule has 4 rings (SSSR count). The predicted molar refractivity (Wildman–Crippen MR) is 111 cm³/mol. The van der Waals surface area contributed by atoms with E-state index in [2.05, 4.69) is 41.1 Å². The molecule has 0 atom stereocenters. The van der Waals surface area contributed by atoms with Gasteiger partial charge in [-0.3, -0.25) is 4.79 Å². The van der Waals surface area contributed by atoms with E-state index in [4.69, 9.17) is 4.42 Å². The molecule has 0 aliphatic carbocycles. The lowest BCUT2D eigenvalue weighted by Gasteiger charge is -2.33. The van der Waals surface area contributed by atoms with Gasteiger partial charge in [-0.05, 0) is 43.9 Å². The molecule has 2 aromatic carbocycles. The summed E-state index contributed by atoms with van der Waals surface area (Å²) < 4.78 is 5.88. The lowest BCUT2D eigenvalue weighted by molar-refractivity contribution is -0.136. The van der Waals surface area contributed by atoms with Crippen LogP contribution >= 0.6 is 0 Å². The molecule has 0 radical (unpaired) electrons. The molecule has 5 heteroatoms. The van der Waals surface area contributed by atoms with Gasteiger partial charge < -0.3 is 14.2 Å². The topological polar surface area (TPSA) is 49.6 Å². The Kier molecular flexibility index (Phi) is 5.60. The molecular weight excluding hydrogens is 350 g/mol. The average molecular weight is 377 g/mol. The highest BCUT2D eigenvalue weighted by Gasteiger charge is 2.29. The van der Waals surface area contributed by atoms with Crippen LogP contribution in [0, 0.1) is 5.92 Å². The molecule has 0 unspecified atom stereocenters. The standard InChI is InChI=1S/C23H27N3O2/c1-2-25(15-12-18-8-4-3-5-9-18)22(27)19-13-16-26(17-14-19)23-24-20-10-6-7-11-21(20)28-23/h3-11,19H,2,12-17H2,1H3. The summed E-state index contributed by atoms with van der Waals surface area (Å²) in [6.45, 7) is 5.22. The molecule has 0 spiro atoms. The van der Waals surface area contributed by atoms with Gasteiger partial charge in [-0.1, -0.05) is 42.5 Å². The lowest BCUT2D eigenvalue weighted by atomic mass is 9.95. The number of fused-ring (bicyclic) bond motifs is 1. The highest BCUT2D eigenvalue weighted by molar-refractivity contribution is 5.79. The molecule has 1 fully saturated rings. The molecule has 1 aromatic heterocycles. The Morgan fingerprint density at radius 2 is 1.82 bits per heavy atom. The second-order valence-corrected chi connectivity index (χ2v) is 7.38. The van der Waals surface area contributed by atoms with Gasteiger partial charge >= 0.3 is 0 Å². The van der Waals surface area contributed by atoms with Crippen molar-refractivity contribution >= 4 is 23.0 Å². The second kappa shape index (κ2) is 8.46. The molecular formula is C23H27N3O2. The van der Waals surface area contributed by atoms with Crippen molar-refractivity contribution in [3.05, 3.63) is 60.2 Å². The zero-order valence-electron chi connectivity index (χ0n) is 16.4. The molecule has 0 saturated carbocycles. The fourth-order valence-corrected chi connectivity index (χ4v) is 3.90. The van der Waals surface area contributed by atoms with Gasteiger partial charge in [0.2, 0.25) is 5.91 Å². The minimum atomic E-state index is 0.0938. The van der Waals surface area contributed by atoms with Gasteiger partial charge in [0, 0.05) is 32.1 Å². The average Bonchev–Trinajstić information content (AvgIpc) is 3.19.